The minimum absolute atomic E-state index is 0.0857. The molecular weight excluding hydrogens is 390 g/mol. The molecule has 2 aromatic carbocycles. The van der Waals surface area contributed by atoms with Gasteiger partial charge in [0.05, 0.1) is 17.7 Å². The molecule has 1 aliphatic rings. The Bertz CT molecular complexity index is 902. The average Bonchev–Trinajstić information content (AvgIpc) is 3.06. The molecule has 1 heterocycles. The summed E-state index contributed by atoms with van der Waals surface area (Å²) >= 11 is 1.68. The molecule has 1 amide bonds. The minimum atomic E-state index is -0.135. The molecule has 0 aliphatic carbocycles. The molecule has 0 radical (unpaired) electrons. The number of hydrogen-bond acceptors (Lipinski definition) is 3. The lowest BCUT2D eigenvalue weighted by molar-refractivity contribution is -0.128. The second kappa shape index (κ2) is 8.30. The van der Waals surface area contributed by atoms with Gasteiger partial charge in [-0.3, -0.25) is 4.79 Å². The van der Waals surface area contributed by atoms with Crippen LogP contribution in [-0.2, 0) is 22.0 Å². The first-order valence-corrected chi connectivity index (χ1v) is 11.9. The lowest BCUT2D eigenvalue weighted by Gasteiger charge is -2.28. The SMILES string of the molecule is CC(c1cccc(Cc2cc(C(C)(C)C)c(O)c(C(C)(C)C)c2)c1)N1CSCC1=O. The van der Waals surface area contributed by atoms with Crippen LogP contribution in [0.1, 0.15) is 82.3 Å². The Morgan fingerprint density at radius 3 is 2.10 bits per heavy atom. The number of rotatable bonds is 4. The highest BCUT2D eigenvalue weighted by Crippen LogP contribution is 2.40. The fraction of sp³-hybridized carbons (Fsp3) is 0.500. The molecule has 1 fully saturated rings. The van der Waals surface area contributed by atoms with Crippen molar-refractivity contribution in [3.63, 3.8) is 0 Å². The Morgan fingerprint density at radius 1 is 1.00 bits per heavy atom. The van der Waals surface area contributed by atoms with Gasteiger partial charge in [-0.05, 0) is 52.0 Å². The van der Waals surface area contributed by atoms with Gasteiger partial charge in [0.2, 0.25) is 5.91 Å². The van der Waals surface area contributed by atoms with Gasteiger partial charge in [0.15, 0.2) is 0 Å². The quantitative estimate of drug-likeness (QED) is 0.636. The van der Waals surface area contributed by atoms with Crippen LogP contribution in [0.5, 0.6) is 5.75 Å². The molecule has 0 bridgehead atoms. The van der Waals surface area contributed by atoms with E-state index in [0.717, 1.165) is 23.4 Å². The molecule has 4 heteroatoms. The van der Waals surface area contributed by atoms with Gasteiger partial charge in [0.25, 0.3) is 0 Å². The lowest BCUT2D eigenvalue weighted by atomic mass is 9.78. The Morgan fingerprint density at radius 2 is 1.60 bits per heavy atom. The van der Waals surface area contributed by atoms with Crippen molar-refractivity contribution in [3.05, 3.63) is 64.2 Å². The van der Waals surface area contributed by atoms with Crippen LogP contribution in [0.4, 0.5) is 0 Å². The molecule has 3 rings (SSSR count). The minimum Gasteiger partial charge on any atom is -0.507 e. The Labute approximate surface area is 185 Å². The van der Waals surface area contributed by atoms with E-state index in [1.807, 2.05) is 4.90 Å². The zero-order chi connectivity index (χ0) is 22.3. The van der Waals surface area contributed by atoms with Crippen LogP contribution < -0.4 is 0 Å². The first kappa shape index (κ1) is 22.7. The molecule has 0 saturated carbocycles. The summed E-state index contributed by atoms with van der Waals surface area (Å²) in [5, 5.41) is 11.0. The second-order valence-electron chi connectivity index (χ2n) is 10.5. The largest absolute Gasteiger partial charge is 0.507 e. The summed E-state index contributed by atoms with van der Waals surface area (Å²) in [6.07, 6.45) is 0.801. The maximum Gasteiger partial charge on any atom is 0.233 e. The van der Waals surface area contributed by atoms with Crippen molar-refractivity contribution in [2.45, 2.75) is 71.8 Å². The van der Waals surface area contributed by atoms with Gasteiger partial charge >= 0.3 is 0 Å². The van der Waals surface area contributed by atoms with Crippen molar-refractivity contribution in [2.24, 2.45) is 0 Å². The summed E-state index contributed by atoms with van der Waals surface area (Å²) in [7, 11) is 0. The number of nitrogens with zero attached hydrogens (tertiary/aromatic N) is 1. The van der Waals surface area contributed by atoms with E-state index in [1.165, 1.54) is 16.7 Å². The number of phenolic OH excluding ortho intramolecular Hbond substituents is 1. The number of amides is 1. The Balaban J connectivity index is 1.95. The van der Waals surface area contributed by atoms with Crippen LogP contribution in [0.15, 0.2) is 36.4 Å². The highest BCUT2D eigenvalue weighted by molar-refractivity contribution is 8.00. The van der Waals surface area contributed by atoms with E-state index in [4.69, 9.17) is 0 Å². The summed E-state index contributed by atoms with van der Waals surface area (Å²) < 4.78 is 0. The topological polar surface area (TPSA) is 40.5 Å². The summed E-state index contributed by atoms with van der Waals surface area (Å²) in [6, 6.07) is 13.0. The van der Waals surface area contributed by atoms with Crippen molar-refractivity contribution < 1.29 is 9.90 Å². The van der Waals surface area contributed by atoms with Crippen LogP contribution in [-0.4, -0.2) is 27.5 Å². The molecule has 30 heavy (non-hydrogen) atoms. The third kappa shape index (κ3) is 4.85. The third-order valence-corrected chi connectivity index (χ3v) is 6.78. The number of carbonyl (C=O) groups is 1. The highest BCUT2D eigenvalue weighted by Gasteiger charge is 2.28. The molecule has 1 unspecified atom stereocenters. The standard InChI is InChI=1S/C26H35NO2S/c1-17(27-16-30-15-23(27)28)20-10-8-9-18(12-20)11-19-13-21(25(2,3)4)24(29)22(14-19)26(5,6)7/h8-10,12-14,17,29H,11,15-16H2,1-7H3. The van der Waals surface area contributed by atoms with Gasteiger partial charge in [-0.1, -0.05) is 77.9 Å². The van der Waals surface area contributed by atoms with Gasteiger partial charge in [0, 0.05) is 0 Å². The number of aromatic hydroxyl groups is 1. The number of phenols is 1. The zero-order valence-electron chi connectivity index (χ0n) is 19.4. The van der Waals surface area contributed by atoms with Crippen LogP contribution in [0.2, 0.25) is 0 Å². The monoisotopic (exact) mass is 425 g/mol. The molecule has 1 atom stereocenters. The van der Waals surface area contributed by atoms with E-state index in [0.29, 0.717) is 11.5 Å². The van der Waals surface area contributed by atoms with Crippen LogP contribution in [0.3, 0.4) is 0 Å². The maximum atomic E-state index is 12.1. The maximum absolute atomic E-state index is 12.1. The third-order valence-electron chi connectivity index (χ3n) is 5.87. The van der Waals surface area contributed by atoms with Crippen molar-refractivity contribution >= 4 is 17.7 Å². The lowest BCUT2D eigenvalue weighted by Crippen LogP contribution is -2.28. The van der Waals surface area contributed by atoms with E-state index in [1.54, 1.807) is 11.8 Å². The Hall–Kier alpha value is -1.94. The Kier molecular flexibility index (Phi) is 6.29. The van der Waals surface area contributed by atoms with Crippen molar-refractivity contribution in [1.82, 2.24) is 4.90 Å². The fourth-order valence-electron chi connectivity index (χ4n) is 4.03. The molecule has 0 spiro atoms. The zero-order valence-corrected chi connectivity index (χ0v) is 20.2. The second-order valence-corrected chi connectivity index (χ2v) is 11.4. The molecule has 1 N–H and O–H groups in total. The van der Waals surface area contributed by atoms with Crippen LogP contribution in [0, 0.1) is 0 Å². The van der Waals surface area contributed by atoms with E-state index < -0.39 is 0 Å². The molecule has 0 aromatic heterocycles. The van der Waals surface area contributed by atoms with Crippen molar-refractivity contribution in [1.29, 1.82) is 0 Å². The smallest absolute Gasteiger partial charge is 0.233 e. The van der Waals surface area contributed by atoms with Gasteiger partial charge < -0.3 is 10.0 Å². The summed E-state index contributed by atoms with van der Waals surface area (Å²) in [5.41, 5.74) is 5.33. The highest BCUT2D eigenvalue weighted by atomic mass is 32.2. The van der Waals surface area contributed by atoms with Crippen LogP contribution in [0.25, 0.3) is 0 Å². The van der Waals surface area contributed by atoms with E-state index in [-0.39, 0.29) is 22.8 Å². The van der Waals surface area contributed by atoms with Crippen molar-refractivity contribution in [3.8, 4) is 5.75 Å². The molecular formula is C26H35NO2S. The number of thioether (sulfide) groups is 1. The average molecular weight is 426 g/mol. The van der Waals surface area contributed by atoms with Crippen LogP contribution >= 0.6 is 11.8 Å². The summed E-state index contributed by atoms with van der Waals surface area (Å²) in [4.78, 5) is 14.1. The molecule has 1 aliphatic heterocycles. The van der Waals surface area contributed by atoms with Gasteiger partial charge in [0.1, 0.15) is 5.75 Å². The molecule has 162 valence electrons. The van der Waals surface area contributed by atoms with Gasteiger partial charge in [-0.25, -0.2) is 0 Å². The number of carbonyl (C=O) groups excluding carboxylic acids is 1. The molecule has 3 nitrogen and oxygen atoms in total. The molecule has 2 aromatic rings. The van der Waals surface area contributed by atoms with E-state index in [2.05, 4.69) is 84.9 Å². The predicted octanol–water partition coefficient (Wildman–Crippen LogP) is 6.17. The first-order chi connectivity index (χ1) is 13.9. The fourth-order valence-corrected chi connectivity index (χ4v) is 5.03. The predicted molar refractivity (Wildman–Crippen MR) is 127 cm³/mol. The number of hydrogen-bond donors (Lipinski definition) is 1. The normalized spacial score (nSPS) is 16.2. The van der Waals surface area contributed by atoms with Gasteiger partial charge in [-0.2, -0.15) is 0 Å². The van der Waals surface area contributed by atoms with Gasteiger partial charge in [-0.15, -0.1) is 11.8 Å². The number of benzene rings is 2. The van der Waals surface area contributed by atoms with Crippen molar-refractivity contribution in [2.75, 3.05) is 11.6 Å². The summed E-state index contributed by atoms with van der Waals surface area (Å²) in [6.45, 7) is 15.0. The first-order valence-electron chi connectivity index (χ1n) is 10.7. The van der Waals surface area contributed by atoms with E-state index >= 15 is 0 Å². The summed E-state index contributed by atoms with van der Waals surface area (Å²) in [5.74, 6) is 2.00. The van der Waals surface area contributed by atoms with E-state index in [9.17, 15) is 9.90 Å². The molecule has 1 saturated heterocycles.